The molecule has 0 bridgehead atoms. The van der Waals surface area contributed by atoms with Crippen LogP contribution >= 0.6 is 0 Å². The van der Waals surface area contributed by atoms with Crippen molar-refractivity contribution in [1.82, 2.24) is 14.8 Å². The number of benzene rings is 1. The van der Waals surface area contributed by atoms with Gasteiger partial charge in [0.25, 0.3) is 5.91 Å². The zero-order chi connectivity index (χ0) is 19.1. The van der Waals surface area contributed by atoms with Crippen LogP contribution in [0, 0.1) is 20.8 Å². The van der Waals surface area contributed by atoms with E-state index in [1.165, 1.54) is 0 Å². The molecule has 0 aliphatic heterocycles. The number of nitrogens with one attached hydrogen (secondary N) is 1. The number of amides is 1. The van der Waals surface area contributed by atoms with E-state index in [-0.39, 0.29) is 5.91 Å². The van der Waals surface area contributed by atoms with Gasteiger partial charge in [-0.2, -0.15) is 5.10 Å². The molecular weight excluding hydrogens is 340 g/mol. The van der Waals surface area contributed by atoms with Gasteiger partial charge in [0.05, 0.1) is 22.9 Å². The topological polar surface area (TPSA) is 73.0 Å². The van der Waals surface area contributed by atoms with Crippen LogP contribution in [0.3, 0.4) is 0 Å². The van der Waals surface area contributed by atoms with E-state index in [1.807, 2.05) is 52.1 Å². The van der Waals surface area contributed by atoms with Crippen molar-refractivity contribution in [2.24, 2.45) is 7.05 Å². The predicted octanol–water partition coefficient (Wildman–Crippen LogP) is 4.41. The van der Waals surface area contributed by atoms with E-state index in [1.54, 1.807) is 23.1 Å². The highest BCUT2D eigenvalue weighted by atomic mass is 16.3. The molecule has 4 rings (SSSR count). The molecule has 6 nitrogen and oxygen atoms in total. The molecule has 0 aliphatic carbocycles. The maximum absolute atomic E-state index is 13.1. The van der Waals surface area contributed by atoms with Crippen LogP contribution in [0.1, 0.15) is 27.2 Å². The number of aryl methyl sites for hydroxylation is 4. The number of fused-ring (bicyclic) bond motifs is 1. The van der Waals surface area contributed by atoms with Gasteiger partial charge in [-0.25, -0.2) is 4.98 Å². The summed E-state index contributed by atoms with van der Waals surface area (Å²) in [7, 11) is 1.82. The molecule has 0 spiro atoms. The van der Waals surface area contributed by atoms with Crippen molar-refractivity contribution in [2.75, 3.05) is 5.32 Å². The van der Waals surface area contributed by atoms with Crippen molar-refractivity contribution in [3.05, 3.63) is 65.0 Å². The van der Waals surface area contributed by atoms with Crippen LogP contribution in [0.2, 0.25) is 0 Å². The molecule has 0 saturated heterocycles. The summed E-state index contributed by atoms with van der Waals surface area (Å²) in [5.74, 6) is 0.412. The van der Waals surface area contributed by atoms with Crippen LogP contribution in [0.25, 0.3) is 22.5 Å². The molecule has 27 heavy (non-hydrogen) atoms. The number of furan rings is 1. The second-order valence-electron chi connectivity index (χ2n) is 6.71. The number of pyridine rings is 1. The van der Waals surface area contributed by atoms with Crippen LogP contribution in [-0.2, 0) is 7.05 Å². The standard InChI is InChI=1S/C21H20N4O2/c1-12-7-8-16(13(2)10-12)23-21(26)15-11-17(18-6-5-9-27-18)22-20-19(15)14(3)24-25(20)4/h5-11H,1-4H3,(H,23,26). The Labute approximate surface area is 156 Å². The van der Waals surface area contributed by atoms with E-state index in [9.17, 15) is 4.79 Å². The maximum atomic E-state index is 13.1. The number of hydrogen-bond donors (Lipinski definition) is 1. The first-order valence-electron chi connectivity index (χ1n) is 8.71. The third kappa shape index (κ3) is 2.99. The molecule has 1 amide bonds. The Bertz CT molecular complexity index is 1160. The Morgan fingerprint density at radius 3 is 2.67 bits per heavy atom. The molecule has 0 atom stereocenters. The highest BCUT2D eigenvalue weighted by Crippen LogP contribution is 2.28. The average molecular weight is 360 g/mol. The summed E-state index contributed by atoms with van der Waals surface area (Å²) < 4.78 is 7.16. The first kappa shape index (κ1) is 17.0. The number of rotatable bonds is 3. The SMILES string of the molecule is Cc1ccc(NC(=O)c2cc(-c3ccco3)nc3c2c(C)nn3C)c(C)c1. The minimum Gasteiger partial charge on any atom is -0.463 e. The zero-order valence-electron chi connectivity index (χ0n) is 15.7. The zero-order valence-corrected chi connectivity index (χ0v) is 15.7. The summed E-state index contributed by atoms with van der Waals surface area (Å²) in [5, 5.41) is 8.20. The van der Waals surface area contributed by atoms with Gasteiger partial charge in [-0.05, 0) is 50.6 Å². The quantitative estimate of drug-likeness (QED) is 0.587. The van der Waals surface area contributed by atoms with E-state index in [0.29, 0.717) is 22.7 Å². The number of hydrogen-bond acceptors (Lipinski definition) is 4. The first-order valence-corrected chi connectivity index (χ1v) is 8.71. The summed E-state index contributed by atoms with van der Waals surface area (Å²) in [5.41, 5.74) is 5.49. The molecular formula is C21H20N4O2. The Kier molecular flexibility index (Phi) is 4.03. The number of anilines is 1. The molecule has 4 aromatic rings. The van der Waals surface area contributed by atoms with Gasteiger partial charge in [-0.1, -0.05) is 17.7 Å². The summed E-state index contributed by atoms with van der Waals surface area (Å²) in [6, 6.07) is 11.3. The minimum absolute atomic E-state index is 0.196. The molecule has 1 aromatic carbocycles. The second kappa shape index (κ2) is 6.39. The lowest BCUT2D eigenvalue weighted by atomic mass is 10.1. The minimum atomic E-state index is -0.196. The monoisotopic (exact) mass is 360 g/mol. The fourth-order valence-corrected chi connectivity index (χ4v) is 3.32. The smallest absolute Gasteiger partial charge is 0.256 e. The molecule has 0 saturated carbocycles. The van der Waals surface area contributed by atoms with Gasteiger partial charge in [0, 0.05) is 12.7 Å². The number of nitrogens with zero attached hydrogens (tertiary/aromatic N) is 3. The summed E-state index contributed by atoms with van der Waals surface area (Å²) in [6.07, 6.45) is 1.59. The summed E-state index contributed by atoms with van der Waals surface area (Å²) in [4.78, 5) is 17.8. The third-order valence-electron chi connectivity index (χ3n) is 4.62. The van der Waals surface area contributed by atoms with Crippen LogP contribution in [0.4, 0.5) is 5.69 Å². The molecule has 3 heterocycles. The Hall–Kier alpha value is -3.41. The molecule has 1 N–H and O–H groups in total. The van der Waals surface area contributed by atoms with Gasteiger partial charge in [-0.3, -0.25) is 9.48 Å². The van der Waals surface area contributed by atoms with Crippen LogP contribution in [0.5, 0.6) is 0 Å². The van der Waals surface area contributed by atoms with E-state index < -0.39 is 0 Å². The lowest BCUT2D eigenvalue weighted by Crippen LogP contribution is -2.14. The van der Waals surface area contributed by atoms with Gasteiger partial charge in [0.1, 0.15) is 5.69 Å². The molecule has 0 aliphatic rings. The fourth-order valence-electron chi connectivity index (χ4n) is 3.32. The number of aromatic nitrogens is 3. The number of carbonyl (C=O) groups excluding carboxylic acids is 1. The van der Waals surface area contributed by atoms with E-state index in [4.69, 9.17) is 4.42 Å². The molecule has 136 valence electrons. The lowest BCUT2D eigenvalue weighted by Gasteiger charge is -2.11. The van der Waals surface area contributed by atoms with Crippen LogP contribution < -0.4 is 5.32 Å². The third-order valence-corrected chi connectivity index (χ3v) is 4.62. The Morgan fingerprint density at radius 1 is 1.15 bits per heavy atom. The van der Waals surface area contributed by atoms with Crippen LogP contribution in [0.15, 0.2) is 47.1 Å². The largest absolute Gasteiger partial charge is 0.463 e. The van der Waals surface area contributed by atoms with Gasteiger partial charge in [0.15, 0.2) is 11.4 Å². The lowest BCUT2D eigenvalue weighted by molar-refractivity contribution is 0.102. The summed E-state index contributed by atoms with van der Waals surface area (Å²) >= 11 is 0. The van der Waals surface area contributed by atoms with Crippen LogP contribution in [-0.4, -0.2) is 20.7 Å². The molecule has 0 radical (unpaired) electrons. The molecule has 0 unspecified atom stereocenters. The van der Waals surface area contributed by atoms with Gasteiger partial charge < -0.3 is 9.73 Å². The summed E-state index contributed by atoms with van der Waals surface area (Å²) in [6.45, 7) is 5.89. The molecule has 0 fully saturated rings. The van der Waals surface area contributed by atoms with Gasteiger partial charge >= 0.3 is 0 Å². The highest BCUT2D eigenvalue weighted by molar-refractivity contribution is 6.13. The normalized spacial score (nSPS) is 11.1. The van der Waals surface area contributed by atoms with Crippen molar-refractivity contribution in [3.8, 4) is 11.5 Å². The first-order chi connectivity index (χ1) is 12.9. The van der Waals surface area contributed by atoms with Gasteiger partial charge in [0.2, 0.25) is 0 Å². The Balaban J connectivity index is 1.85. The predicted molar refractivity (Wildman–Crippen MR) is 105 cm³/mol. The molecule has 3 aromatic heterocycles. The highest BCUT2D eigenvalue weighted by Gasteiger charge is 2.20. The number of carbonyl (C=O) groups is 1. The Morgan fingerprint density at radius 2 is 1.96 bits per heavy atom. The maximum Gasteiger partial charge on any atom is 0.256 e. The van der Waals surface area contributed by atoms with Gasteiger partial charge in [-0.15, -0.1) is 0 Å². The fraction of sp³-hybridized carbons (Fsp3) is 0.190. The van der Waals surface area contributed by atoms with Crippen molar-refractivity contribution >= 4 is 22.6 Å². The van der Waals surface area contributed by atoms with E-state index >= 15 is 0 Å². The van der Waals surface area contributed by atoms with E-state index in [2.05, 4.69) is 15.4 Å². The van der Waals surface area contributed by atoms with Crippen molar-refractivity contribution in [1.29, 1.82) is 0 Å². The van der Waals surface area contributed by atoms with E-state index in [0.717, 1.165) is 27.9 Å². The second-order valence-corrected chi connectivity index (χ2v) is 6.71. The molecule has 6 heteroatoms. The van der Waals surface area contributed by atoms with Crippen molar-refractivity contribution in [3.63, 3.8) is 0 Å². The van der Waals surface area contributed by atoms with Crippen molar-refractivity contribution < 1.29 is 9.21 Å². The average Bonchev–Trinajstić information content (AvgIpc) is 3.26. The van der Waals surface area contributed by atoms with Crippen molar-refractivity contribution in [2.45, 2.75) is 20.8 Å².